The number of piperazine rings is 2. The number of carbonyl (C=O) groups excluding carboxylic acids is 1. The molecule has 32 heavy (non-hydrogen) atoms. The fourth-order valence-electron chi connectivity index (χ4n) is 4.38. The summed E-state index contributed by atoms with van der Waals surface area (Å²) in [6, 6.07) is 16.5. The second-order valence-corrected chi connectivity index (χ2v) is 10.4. The molecule has 0 spiro atoms. The molecule has 0 N–H and O–H groups in total. The Balaban J connectivity index is 1.33. The van der Waals surface area contributed by atoms with Crippen molar-refractivity contribution < 1.29 is 13.2 Å². The van der Waals surface area contributed by atoms with Crippen molar-refractivity contribution >= 4 is 15.9 Å². The van der Waals surface area contributed by atoms with E-state index in [0.29, 0.717) is 37.6 Å². The van der Waals surface area contributed by atoms with Gasteiger partial charge in [0.2, 0.25) is 10.0 Å². The van der Waals surface area contributed by atoms with Crippen LogP contribution in [0.2, 0.25) is 0 Å². The molecular formula is C24H32N4O3S. The van der Waals surface area contributed by atoms with Gasteiger partial charge in [-0.2, -0.15) is 4.31 Å². The number of rotatable bonds is 6. The van der Waals surface area contributed by atoms with E-state index in [9.17, 15) is 13.2 Å². The molecule has 1 amide bonds. The Morgan fingerprint density at radius 2 is 1.47 bits per heavy atom. The van der Waals surface area contributed by atoms with Crippen LogP contribution in [-0.4, -0.2) is 92.2 Å². The molecule has 2 aliphatic rings. The van der Waals surface area contributed by atoms with E-state index >= 15 is 0 Å². The van der Waals surface area contributed by atoms with Gasteiger partial charge in [-0.15, -0.1) is 0 Å². The van der Waals surface area contributed by atoms with E-state index in [1.807, 2.05) is 35.2 Å². The maximum atomic E-state index is 12.9. The first-order valence-corrected chi connectivity index (χ1v) is 12.8. The van der Waals surface area contributed by atoms with Crippen LogP contribution in [0.5, 0.6) is 0 Å². The van der Waals surface area contributed by atoms with Gasteiger partial charge in [-0.05, 0) is 36.4 Å². The van der Waals surface area contributed by atoms with Crippen LogP contribution in [0.15, 0.2) is 59.5 Å². The lowest BCUT2D eigenvalue weighted by molar-refractivity contribution is 0.0643. The van der Waals surface area contributed by atoms with Gasteiger partial charge < -0.3 is 9.80 Å². The minimum atomic E-state index is -3.44. The molecule has 0 aromatic heterocycles. The Morgan fingerprint density at radius 3 is 2.12 bits per heavy atom. The quantitative estimate of drug-likeness (QED) is 0.665. The van der Waals surface area contributed by atoms with Gasteiger partial charge in [0.05, 0.1) is 4.90 Å². The first kappa shape index (κ1) is 22.9. The first-order chi connectivity index (χ1) is 15.5. The fourth-order valence-corrected chi connectivity index (χ4v) is 5.82. The smallest absolute Gasteiger partial charge is 0.253 e. The van der Waals surface area contributed by atoms with Crippen LogP contribution >= 0.6 is 0 Å². The maximum Gasteiger partial charge on any atom is 0.253 e. The summed E-state index contributed by atoms with van der Waals surface area (Å²) in [5, 5.41) is 0. The highest BCUT2D eigenvalue weighted by Crippen LogP contribution is 2.19. The van der Waals surface area contributed by atoms with E-state index in [2.05, 4.69) is 16.7 Å². The number of benzene rings is 2. The highest BCUT2D eigenvalue weighted by molar-refractivity contribution is 7.89. The van der Waals surface area contributed by atoms with Crippen LogP contribution in [-0.2, 0) is 16.6 Å². The summed E-state index contributed by atoms with van der Waals surface area (Å²) in [6.07, 6.45) is 0. The Labute approximate surface area is 191 Å². The number of amides is 1. The zero-order valence-corrected chi connectivity index (χ0v) is 19.5. The van der Waals surface area contributed by atoms with Crippen molar-refractivity contribution in [1.82, 2.24) is 19.0 Å². The first-order valence-electron chi connectivity index (χ1n) is 11.4. The molecular weight excluding hydrogens is 424 g/mol. The third-order valence-electron chi connectivity index (χ3n) is 6.40. The molecule has 0 saturated carbocycles. The van der Waals surface area contributed by atoms with Crippen LogP contribution < -0.4 is 0 Å². The molecule has 2 saturated heterocycles. The van der Waals surface area contributed by atoms with Gasteiger partial charge in [-0.3, -0.25) is 9.69 Å². The SMILES string of the molecule is CCN1CCN(C(=O)c2cccc(CN3CCN(S(=O)(=O)c4ccccc4)CC3)c2)CC1. The number of hydrogen-bond acceptors (Lipinski definition) is 5. The molecule has 2 aromatic rings. The number of likely N-dealkylation sites (N-methyl/N-ethyl adjacent to an activating group) is 1. The minimum absolute atomic E-state index is 0.0985. The van der Waals surface area contributed by atoms with Gasteiger partial charge in [0, 0.05) is 64.5 Å². The van der Waals surface area contributed by atoms with Crippen LogP contribution in [0.1, 0.15) is 22.8 Å². The van der Waals surface area contributed by atoms with Gasteiger partial charge in [0.15, 0.2) is 0 Å². The van der Waals surface area contributed by atoms with Crippen LogP contribution in [0, 0.1) is 0 Å². The van der Waals surface area contributed by atoms with Gasteiger partial charge in [-0.1, -0.05) is 37.3 Å². The lowest BCUT2D eigenvalue weighted by Gasteiger charge is -2.34. The molecule has 2 heterocycles. The Kier molecular flexibility index (Phi) is 7.25. The number of carbonyl (C=O) groups is 1. The molecule has 172 valence electrons. The molecule has 2 fully saturated rings. The lowest BCUT2D eigenvalue weighted by Crippen LogP contribution is -2.48. The molecule has 2 aliphatic heterocycles. The molecule has 2 aromatic carbocycles. The second kappa shape index (κ2) is 10.1. The molecule has 0 unspecified atom stereocenters. The van der Waals surface area contributed by atoms with E-state index in [-0.39, 0.29) is 5.91 Å². The third kappa shape index (κ3) is 5.20. The molecule has 0 radical (unpaired) electrons. The standard InChI is InChI=1S/C24H32N4O3S/c1-2-25-11-15-27(16-12-25)24(29)22-8-6-7-21(19-22)20-26-13-17-28(18-14-26)32(30,31)23-9-4-3-5-10-23/h3-10,19H,2,11-18,20H2,1H3. The summed E-state index contributed by atoms with van der Waals surface area (Å²) in [6.45, 7) is 9.57. The van der Waals surface area contributed by atoms with Crippen molar-refractivity contribution in [3.05, 3.63) is 65.7 Å². The van der Waals surface area contributed by atoms with Crippen LogP contribution in [0.4, 0.5) is 0 Å². The maximum absolute atomic E-state index is 12.9. The van der Waals surface area contributed by atoms with Gasteiger partial charge >= 0.3 is 0 Å². The largest absolute Gasteiger partial charge is 0.336 e. The third-order valence-corrected chi connectivity index (χ3v) is 8.31. The van der Waals surface area contributed by atoms with Crippen molar-refractivity contribution in [2.75, 3.05) is 58.9 Å². The monoisotopic (exact) mass is 456 g/mol. The topological polar surface area (TPSA) is 64.2 Å². The van der Waals surface area contributed by atoms with E-state index in [1.54, 1.807) is 28.6 Å². The Hall–Kier alpha value is -2.26. The highest BCUT2D eigenvalue weighted by Gasteiger charge is 2.28. The predicted octanol–water partition coefficient (Wildman–Crippen LogP) is 1.97. The number of hydrogen-bond donors (Lipinski definition) is 0. The summed E-state index contributed by atoms with van der Waals surface area (Å²) < 4.78 is 27.2. The molecule has 7 nitrogen and oxygen atoms in total. The molecule has 4 rings (SSSR count). The Morgan fingerprint density at radius 1 is 0.812 bits per heavy atom. The highest BCUT2D eigenvalue weighted by atomic mass is 32.2. The van der Waals surface area contributed by atoms with Crippen LogP contribution in [0.3, 0.4) is 0 Å². The minimum Gasteiger partial charge on any atom is -0.336 e. The van der Waals surface area contributed by atoms with Gasteiger partial charge in [-0.25, -0.2) is 8.42 Å². The molecule has 0 bridgehead atoms. The zero-order valence-electron chi connectivity index (χ0n) is 18.7. The van der Waals surface area contributed by atoms with Crippen LogP contribution in [0.25, 0.3) is 0 Å². The number of sulfonamides is 1. The Bertz CT molecular complexity index is 1010. The molecule has 0 atom stereocenters. The van der Waals surface area contributed by atoms with Gasteiger partial charge in [0.25, 0.3) is 5.91 Å². The number of nitrogens with zero attached hydrogens (tertiary/aromatic N) is 4. The van der Waals surface area contributed by atoms with E-state index in [1.165, 1.54) is 0 Å². The normalized spacial score (nSPS) is 19.2. The van der Waals surface area contributed by atoms with Gasteiger partial charge in [0.1, 0.15) is 0 Å². The zero-order chi connectivity index (χ0) is 22.6. The second-order valence-electron chi connectivity index (χ2n) is 8.42. The van der Waals surface area contributed by atoms with Crippen molar-refractivity contribution in [2.45, 2.75) is 18.4 Å². The lowest BCUT2D eigenvalue weighted by atomic mass is 10.1. The fraction of sp³-hybridized carbons (Fsp3) is 0.458. The summed E-state index contributed by atoms with van der Waals surface area (Å²) in [5.74, 6) is 0.0985. The van der Waals surface area contributed by atoms with E-state index in [4.69, 9.17) is 0 Å². The van der Waals surface area contributed by atoms with Crippen molar-refractivity contribution in [3.8, 4) is 0 Å². The summed E-state index contributed by atoms with van der Waals surface area (Å²) >= 11 is 0. The summed E-state index contributed by atoms with van der Waals surface area (Å²) in [5.41, 5.74) is 1.82. The average Bonchev–Trinajstić information content (AvgIpc) is 2.85. The predicted molar refractivity (Wildman–Crippen MR) is 125 cm³/mol. The average molecular weight is 457 g/mol. The van der Waals surface area contributed by atoms with E-state index < -0.39 is 10.0 Å². The van der Waals surface area contributed by atoms with Crippen molar-refractivity contribution in [1.29, 1.82) is 0 Å². The summed E-state index contributed by atoms with van der Waals surface area (Å²) in [7, 11) is -3.44. The molecule has 8 heteroatoms. The van der Waals surface area contributed by atoms with Crippen molar-refractivity contribution in [3.63, 3.8) is 0 Å². The van der Waals surface area contributed by atoms with E-state index in [0.717, 1.165) is 43.9 Å². The van der Waals surface area contributed by atoms with Crippen molar-refractivity contribution in [2.24, 2.45) is 0 Å². The summed E-state index contributed by atoms with van der Waals surface area (Å²) in [4.78, 5) is 19.8. The molecule has 0 aliphatic carbocycles.